The number of furan rings is 1. The van der Waals surface area contributed by atoms with E-state index in [0.717, 1.165) is 19.3 Å². The minimum atomic E-state index is -0.231. The lowest BCUT2D eigenvalue weighted by Gasteiger charge is -2.34. The number of piperazine rings is 1. The summed E-state index contributed by atoms with van der Waals surface area (Å²) in [4.78, 5) is 39.3. The highest BCUT2D eigenvalue weighted by molar-refractivity contribution is 5.97. The van der Waals surface area contributed by atoms with E-state index in [4.69, 9.17) is 4.42 Å². The Hall–Kier alpha value is -2.31. The molecule has 1 fully saturated rings. The molecule has 1 aliphatic heterocycles. The number of carbonyl (C=O) groups is 3. The summed E-state index contributed by atoms with van der Waals surface area (Å²) in [6, 6.07) is 3.30. The highest BCUT2D eigenvalue weighted by Gasteiger charge is 2.26. The van der Waals surface area contributed by atoms with Crippen LogP contribution in [0, 0.1) is 0 Å². The molecule has 7 nitrogen and oxygen atoms in total. The Balaban J connectivity index is 1.70. The second-order valence-corrected chi connectivity index (χ2v) is 5.88. The number of carbonyl (C=O) groups excluding carboxylic acids is 3. The van der Waals surface area contributed by atoms with Gasteiger partial charge in [0.25, 0.3) is 5.91 Å². The van der Waals surface area contributed by atoms with Gasteiger partial charge in [-0.25, -0.2) is 0 Å². The van der Waals surface area contributed by atoms with E-state index in [1.165, 1.54) is 6.26 Å². The van der Waals surface area contributed by atoms with Crippen molar-refractivity contribution < 1.29 is 18.8 Å². The van der Waals surface area contributed by atoms with Crippen molar-refractivity contribution in [2.45, 2.75) is 32.6 Å². The zero-order valence-electron chi connectivity index (χ0n) is 14.1. The molecule has 0 atom stereocenters. The molecule has 0 unspecified atom stereocenters. The largest absolute Gasteiger partial charge is 0.459 e. The van der Waals surface area contributed by atoms with Crippen molar-refractivity contribution in [3.05, 3.63) is 24.2 Å². The molecule has 1 aromatic heterocycles. The molecule has 7 heteroatoms. The number of hydrogen-bond acceptors (Lipinski definition) is 4. The summed E-state index contributed by atoms with van der Waals surface area (Å²) in [7, 11) is 0. The first-order chi connectivity index (χ1) is 11.6. The molecule has 1 saturated heterocycles. The van der Waals surface area contributed by atoms with Crippen LogP contribution in [0.5, 0.6) is 0 Å². The fourth-order valence-corrected chi connectivity index (χ4v) is 2.63. The Morgan fingerprint density at radius 3 is 2.46 bits per heavy atom. The third-order valence-corrected chi connectivity index (χ3v) is 4.07. The van der Waals surface area contributed by atoms with Crippen LogP contribution in [0.3, 0.4) is 0 Å². The minimum absolute atomic E-state index is 0.127. The van der Waals surface area contributed by atoms with Crippen LogP contribution >= 0.6 is 0 Å². The van der Waals surface area contributed by atoms with Crippen LogP contribution in [0.4, 0.5) is 0 Å². The van der Waals surface area contributed by atoms with E-state index in [1.54, 1.807) is 21.9 Å². The predicted molar refractivity (Wildman–Crippen MR) is 88.3 cm³/mol. The van der Waals surface area contributed by atoms with Gasteiger partial charge in [-0.05, 0) is 18.6 Å². The fourth-order valence-electron chi connectivity index (χ4n) is 2.63. The molecule has 1 aliphatic rings. The van der Waals surface area contributed by atoms with Gasteiger partial charge in [-0.3, -0.25) is 14.4 Å². The SMILES string of the molecule is CCCCCNC(=O)CC(=O)N1CCN(C(=O)c2ccco2)CC1. The maximum Gasteiger partial charge on any atom is 0.289 e. The second-order valence-electron chi connectivity index (χ2n) is 5.88. The van der Waals surface area contributed by atoms with E-state index in [1.807, 2.05) is 0 Å². The molecule has 0 aliphatic carbocycles. The summed E-state index contributed by atoms with van der Waals surface area (Å²) in [5.41, 5.74) is 0. The highest BCUT2D eigenvalue weighted by Crippen LogP contribution is 2.10. The third-order valence-electron chi connectivity index (χ3n) is 4.07. The number of unbranched alkanes of at least 4 members (excludes halogenated alkanes) is 2. The van der Waals surface area contributed by atoms with Crippen LogP contribution in [0.15, 0.2) is 22.8 Å². The molecular weight excluding hydrogens is 310 g/mol. The molecule has 24 heavy (non-hydrogen) atoms. The zero-order chi connectivity index (χ0) is 17.4. The van der Waals surface area contributed by atoms with Gasteiger partial charge in [0.15, 0.2) is 5.76 Å². The van der Waals surface area contributed by atoms with Gasteiger partial charge in [-0.1, -0.05) is 19.8 Å². The van der Waals surface area contributed by atoms with Crippen molar-refractivity contribution in [3.8, 4) is 0 Å². The Morgan fingerprint density at radius 2 is 1.83 bits per heavy atom. The monoisotopic (exact) mass is 335 g/mol. The smallest absolute Gasteiger partial charge is 0.289 e. The number of amides is 3. The average Bonchev–Trinajstić information content (AvgIpc) is 3.13. The first-order valence-electron chi connectivity index (χ1n) is 8.49. The summed E-state index contributed by atoms with van der Waals surface area (Å²) >= 11 is 0. The Labute approximate surface area is 142 Å². The fraction of sp³-hybridized carbons (Fsp3) is 0.588. The maximum atomic E-state index is 12.2. The Bertz CT molecular complexity index is 548. The summed E-state index contributed by atoms with van der Waals surface area (Å²) in [5, 5.41) is 2.77. The molecule has 0 radical (unpaired) electrons. The second kappa shape index (κ2) is 9.10. The molecule has 3 amide bonds. The molecule has 1 N–H and O–H groups in total. The summed E-state index contributed by atoms with van der Waals surface area (Å²) < 4.78 is 5.11. The standard InChI is InChI=1S/C17H25N3O4/c1-2-3-4-7-18-15(21)13-16(22)19-8-10-20(11-9-19)17(23)14-6-5-12-24-14/h5-6,12H,2-4,7-11,13H2,1H3,(H,18,21). The van der Waals surface area contributed by atoms with Gasteiger partial charge in [-0.2, -0.15) is 0 Å². The molecule has 0 aromatic carbocycles. The molecular formula is C17H25N3O4. The summed E-state index contributed by atoms with van der Waals surface area (Å²) in [5.74, 6) is -0.278. The van der Waals surface area contributed by atoms with Gasteiger partial charge < -0.3 is 19.5 Å². The third kappa shape index (κ3) is 5.11. The van der Waals surface area contributed by atoms with Crippen LogP contribution in [-0.4, -0.2) is 60.2 Å². The molecule has 2 heterocycles. The van der Waals surface area contributed by atoms with Gasteiger partial charge in [0.1, 0.15) is 6.42 Å². The Morgan fingerprint density at radius 1 is 1.12 bits per heavy atom. The maximum absolute atomic E-state index is 12.2. The van der Waals surface area contributed by atoms with E-state index in [2.05, 4.69) is 12.2 Å². The number of nitrogens with zero attached hydrogens (tertiary/aromatic N) is 2. The molecule has 1 aromatic rings. The van der Waals surface area contributed by atoms with E-state index >= 15 is 0 Å². The normalized spacial score (nSPS) is 14.5. The molecule has 0 saturated carbocycles. The molecule has 132 valence electrons. The van der Waals surface area contributed by atoms with Gasteiger partial charge in [0, 0.05) is 32.7 Å². The van der Waals surface area contributed by atoms with Crippen LogP contribution < -0.4 is 5.32 Å². The first-order valence-corrected chi connectivity index (χ1v) is 8.49. The van der Waals surface area contributed by atoms with Crippen LogP contribution in [0.1, 0.15) is 43.2 Å². The first kappa shape index (κ1) is 18.0. The minimum Gasteiger partial charge on any atom is -0.459 e. The van der Waals surface area contributed by atoms with E-state index in [0.29, 0.717) is 38.5 Å². The van der Waals surface area contributed by atoms with Crippen LogP contribution in [-0.2, 0) is 9.59 Å². The van der Waals surface area contributed by atoms with Crippen molar-refractivity contribution >= 4 is 17.7 Å². The zero-order valence-corrected chi connectivity index (χ0v) is 14.1. The molecule has 0 spiro atoms. The van der Waals surface area contributed by atoms with Crippen molar-refractivity contribution in [1.82, 2.24) is 15.1 Å². The number of hydrogen-bond donors (Lipinski definition) is 1. The van der Waals surface area contributed by atoms with Crippen molar-refractivity contribution in [2.24, 2.45) is 0 Å². The van der Waals surface area contributed by atoms with Crippen molar-refractivity contribution in [3.63, 3.8) is 0 Å². The summed E-state index contributed by atoms with van der Waals surface area (Å²) in [6.45, 7) is 4.49. The van der Waals surface area contributed by atoms with E-state index in [-0.39, 0.29) is 24.1 Å². The van der Waals surface area contributed by atoms with Crippen LogP contribution in [0.25, 0.3) is 0 Å². The molecule has 0 bridgehead atoms. The Kier molecular flexibility index (Phi) is 6.84. The quantitative estimate of drug-likeness (QED) is 0.601. The topological polar surface area (TPSA) is 82.9 Å². The van der Waals surface area contributed by atoms with Gasteiger partial charge in [0.05, 0.1) is 6.26 Å². The van der Waals surface area contributed by atoms with Crippen LogP contribution in [0.2, 0.25) is 0 Å². The van der Waals surface area contributed by atoms with Gasteiger partial charge >= 0.3 is 0 Å². The van der Waals surface area contributed by atoms with Gasteiger partial charge in [0.2, 0.25) is 11.8 Å². The number of rotatable bonds is 7. The highest BCUT2D eigenvalue weighted by atomic mass is 16.3. The number of nitrogens with one attached hydrogen (secondary N) is 1. The lowest BCUT2D eigenvalue weighted by Crippen LogP contribution is -2.51. The average molecular weight is 335 g/mol. The van der Waals surface area contributed by atoms with E-state index in [9.17, 15) is 14.4 Å². The predicted octanol–water partition coefficient (Wildman–Crippen LogP) is 1.26. The lowest BCUT2D eigenvalue weighted by atomic mass is 10.2. The van der Waals surface area contributed by atoms with Crippen molar-refractivity contribution in [1.29, 1.82) is 0 Å². The van der Waals surface area contributed by atoms with E-state index < -0.39 is 0 Å². The van der Waals surface area contributed by atoms with Crippen molar-refractivity contribution in [2.75, 3.05) is 32.7 Å². The van der Waals surface area contributed by atoms with Gasteiger partial charge in [-0.15, -0.1) is 0 Å². The summed E-state index contributed by atoms with van der Waals surface area (Å²) in [6.07, 6.45) is 4.43. The lowest BCUT2D eigenvalue weighted by molar-refractivity contribution is -0.137. The molecule has 2 rings (SSSR count).